The van der Waals surface area contributed by atoms with E-state index in [1.165, 1.54) is 6.07 Å². The Morgan fingerprint density at radius 1 is 0.829 bits per heavy atom. The lowest BCUT2D eigenvalue weighted by Gasteiger charge is -2.36. The number of aromatic nitrogens is 1. The molecule has 0 bridgehead atoms. The van der Waals surface area contributed by atoms with Crippen molar-refractivity contribution in [1.29, 1.82) is 0 Å². The number of hydrogen-bond donors (Lipinski definition) is 0. The molecule has 176 valence electrons. The number of rotatable bonds is 2. The van der Waals surface area contributed by atoms with E-state index in [2.05, 4.69) is 69.5 Å². The predicted octanol–water partition coefficient (Wildman–Crippen LogP) is 7.88. The van der Waals surface area contributed by atoms with Gasteiger partial charge in [0.05, 0.1) is 5.56 Å². The van der Waals surface area contributed by atoms with Crippen molar-refractivity contribution in [3.05, 3.63) is 101 Å². The maximum absolute atomic E-state index is 16.0. The second kappa shape index (κ2) is 7.27. The van der Waals surface area contributed by atoms with Crippen molar-refractivity contribution in [2.45, 2.75) is 51.3 Å². The fraction of sp³-hybridized carbons (Fsp3) is 0.281. The van der Waals surface area contributed by atoms with Crippen LogP contribution in [-0.4, -0.2) is 0 Å². The lowest BCUT2D eigenvalue weighted by atomic mass is 9.66. The van der Waals surface area contributed by atoms with Gasteiger partial charge in [0.15, 0.2) is 6.20 Å². The molecule has 6 rings (SSSR count). The molecule has 3 aromatic carbocycles. The van der Waals surface area contributed by atoms with Crippen molar-refractivity contribution in [3.8, 4) is 11.3 Å². The third-order valence-corrected chi connectivity index (χ3v) is 8.05. The molecule has 0 radical (unpaired) electrons. The molecule has 0 N–H and O–H groups in total. The maximum Gasteiger partial charge on any atom is 0.216 e. The largest absolute Gasteiger partial charge is 0.455 e. The number of aryl methyl sites for hydroxylation is 2. The van der Waals surface area contributed by atoms with E-state index >= 15 is 4.39 Å². The Morgan fingerprint density at radius 2 is 1.43 bits per heavy atom. The van der Waals surface area contributed by atoms with Crippen molar-refractivity contribution >= 4 is 21.9 Å². The van der Waals surface area contributed by atoms with E-state index in [-0.39, 0.29) is 0 Å². The number of benzene rings is 3. The highest BCUT2D eigenvalue weighted by atomic mass is 19.1. The molecule has 5 aromatic rings. The zero-order chi connectivity index (χ0) is 25.6. The zero-order valence-electron chi connectivity index (χ0n) is 22.2. The second-order valence-electron chi connectivity index (χ2n) is 10.9. The van der Waals surface area contributed by atoms with Gasteiger partial charge in [-0.15, -0.1) is 0 Å². The van der Waals surface area contributed by atoms with Gasteiger partial charge in [-0.3, -0.25) is 0 Å². The third-order valence-electron chi connectivity index (χ3n) is 8.05. The molecular formula is C32H31FNO+. The van der Waals surface area contributed by atoms with Gasteiger partial charge in [0.25, 0.3) is 0 Å². The van der Waals surface area contributed by atoms with Crippen LogP contribution in [0, 0.1) is 12.7 Å². The predicted molar refractivity (Wildman–Crippen MR) is 140 cm³/mol. The van der Waals surface area contributed by atoms with Crippen LogP contribution in [-0.2, 0) is 17.9 Å². The van der Waals surface area contributed by atoms with E-state index in [0.29, 0.717) is 11.1 Å². The summed E-state index contributed by atoms with van der Waals surface area (Å²) in [6.07, 6.45) is 2.01. The Balaban J connectivity index is 1.74. The van der Waals surface area contributed by atoms with Gasteiger partial charge in [-0.05, 0) is 52.6 Å². The van der Waals surface area contributed by atoms with E-state index < -0.39 is 22.5 Å². The molecule has 0 aliphatic heterocycles. The number of hydrogen-bond acceptors (Lipinski definition) is 1. The van der Waals surface area contributed by atoms with Gasteiger partial charge in [-0.25, -0.2) is 8.96 Å². The monoisotopic (exact) mass is 465 g/mol. The zero-order valence-corrected chi connectivity index (χ0v) is 21.2. The lowest BCUT2D eigenvalue weighted by molar-refractivity contribution is -0.660. The van der Waals surface area contributed by atoms with Gasteiger partial charge < -0.3 is 4.42 Å². The summed E-state index contributed by atoms with van der Waals surface area (Å²) in [5, 5.41) is 1.78. The van der Waals surface area contributed by atoms with Crippen molar-refractivity contribution in [3.63, 3.8) is 0 Å². The number of furan rings is 1. The molecule has 2 nitrogen and oxygen atoms in total. The van der Waals surface area contributed by atoms with Gasteiger partial charge in [0.2, 0.25) is 5.69 Å². The molecule has 1 aliphatic carbocycles. The molecule has 0 spiro atoms. The molecule has 35 heavy (non-hydrogen) atoms. The Kier molecular flexibility index (Phi) is 4.34. The molecule has 0 saturated carbocycles. The van der Waals surface area contributed by atoms with Gasteiger partial charge in [0.1, 0.15) is 24.0 Å². The minimum Gasteiger partial charge on any atom is -0.455 e. The smallest absolute Gasteiger partial charge is 0.216 e. The molecule has 1 aliphatic rings. The van der Waals surface area contributed by atoms with Crippen LogP contribution in [0.15, 0.2) is 77.3 Å². The van der Waals surface area contributed by atoms with Gasteiger partial charge in [-0.2, -0.15) is 0 Å². The van der Waals surface area contributed by atoms with E-state index in [0.717, 1.165) is 44.3 Å². The summed E-state index contributed by atoms with van der Waals surface area (Å²) in [6.45, 7) is 10.3. The summed E-state index contributed by atoms with van der Waals surface area (Å²) in [5.41, 5.74) is 5.52. The molecule has 0 fully saturated rings. The summed E-state index contributed by atoms with van der Waals surface area (Å²) >= 11 is 0. The highest BCUT2D eigenvalue weighted by molar-refractivity contribution is 6.10. The fourth-order valence-electron chi connectivity index (χ4n) is 6.56. The van der Waals surface area contributed by atoms with Crippen molar-refractivity contribution < 1.29 is 14.7 Å². The van der Waals surface area contributed by atoms with Crippen LogP contribution >= 0.6 is 0 Å². The van der Waals surface area contributed by atoms with E-state index in [1.54, 1.807) is 6.07 Å². The van der Waals surface area contributed by atoms with E-state index in [1.807, 2.05) is 37.5 Å². The first-order chi connectivity index (χ1) is 17.0. The number of nitrogens with zero attached hydrogens (tertiary/aromatic N) is 1. The van der Waals surface area contributed by atoms with E-state index in [9.17, 15) is 1.37 Å². The molecule has 0 unspecified atom stereocenters. The van der Waals surface area contributed by atoms with Crippen LogP contribution in [0.25, 0.3) is 33.2 Å². The van der Waals surface area contributed by atoms with Crippen molar-refractivity contribution in [2.24, 2.45) is 7.05 Å². The third kappa shape index (κ3) is 2.90. The number of pyridine rings is 1. The van der Waals surface area contributed by atoms with Crippen LogP contribution in [0.3, 0.4) is 0 Å². The van der Waals surface area contributed by atoms with Crippen molar-refractivity contribution in [2.75, 3.05) is 0 Å². The van der Waals surface area contributed by atoms with Crippen LogP contribution in [0.4, 0.5) is 4.39 Å². The Morgan fingerprint density at radius 3 is 2.09 bits per heavy atom. The summed E-state index contributed by atoms with van der Waals surface area (Å²) in [6, 6.07) is 21.7. The van der Waals surface area contributed by atoms with Gasteiger partial charge in [0, 0.05) is 35.7 Å². The SMILES string of the molecule is [2H]C1(c2c(F)ccc3c2oc2c(-c4cccc[n+]4C)c(C)ccc23)C(C)(C)c2ccccc2C1(C)C. The topological polar surface area (TPSA) is 17.0 Å². The number of fused-ring (bicyclic) bond motifs is 4. The van der Waals surface area contributed by atoms with Crippen LogP contribution in [0.1, 0.15) is 57.2 Å². The first kappa shape index (κ1) is 20.9. The minimum absolute atomic E-state index is 0.337. The van der Waals surface area contributed by atoms with Gasteiger partial charge >= 0.3 is 0 Å². The normalized spacial score (nSPS) is 18.1. The summed E-state index contributed by atoms with van der Waals surface area (Å²) in [4.78, 5) is 0. The van der Waals surface area contributed by atoms with Crippen LogP contribution in [0.2, 0.25) is 0 Å². The summed E-state index contributed by atoms with van der Waals surface area (Å²) < 4.78 is 34.9. The molecular weight excluding hydrogens is 433 g/mol. The molecule has 3 heteroatoms. The Labute approximate surface area is 207 Å². The lowest BCUT2D eigenvalue weighted by Crippen LogP contribution is -2.32. The highest BCUT2D eigenvalue weighted by Gasteiger charge is 2.53. The molecule has 0 saturated heterocycles. The van der Waals surface area contributed by atoms with Crippen LogP contribution < -0.4 is 4.57 Å². The Hall–Kier alpha value is -3.46. The maximum atomic E-state index is 16.0. The minimum atomic E-state index is -1.30. The van der Waals surface area contributed by atoms with Crippen molar-refractivity contribution in [1.82, 2.24) is 0 Å². The summed E-state index contributed by atoms with van der Waals surface area (Å²) in [5.74, 6) is -1.69. The summed E-state index contributed by atoms with van der Waals surface area (Å²) in [7, 11) is 2.01. The Bertz CT molecular complexity index is 1660. The van der Waals surface area contributed by atoms with E-state index in [4.69, 9.17) is 4.42 Å². The average Bonchev–Trinajstić information content (AvgIpc) is 3.26. The quantitative estimate of drug-likeness (QED) is 0.242. The molecule has 2 heterocycles. The molecule has 0 amide bonds. The first-order valence-electron chi connectivity index (χ1n) is 12.7. The number of halogens is 1. The van der Waals surface area contributed by atoms with Crippen LogP contribution in [0.5, 0.6) is 0 Å². The molecule has 2 aromatic heterocycles. The standard InChI is InChI=1S/C32H31FNO/c1-19-14-15-20-21-16-17-24(33)27(29(21)35-28(20)26(19)25-13-9-10-18-34(25)6)30-31(2,3)22-11-7-8-12-23(22)32(30,4)5/h7-18,30H,1-6H3/q+1/i30D. The van der Waals surface area contributed by atoms with Gasteiger partial charge in [-0.1, -0.05) is 64.1 Å². The molecule has 0 atom stereocenters. The second-order valence-corrected chi connectivity index (χ2v) is 10.9. The average molecular weight is 466 g/mol. The first-order valence-corrected chi connectivity index (χ1v) is 12.2. The fourth-order valence-corrected chi connectivity index (χ4v) is 6.56. The highest BCUT2D eigenvalue weighted by Crippen LogP contribution is 2.60.